The Labute approximate surface area is 144 Å². The van der Waals surface area contributed by atoms with E-state index in [0.29, 0.717) is 0 Å². The van der Waals surface area contributed by atoms with Gasteiger partial charge in [0.1, 0.15) is 5.75 Å². The number of hydrogen-bond acceptors (Lipinski definition) is 1. The second-order valence-corrected chi connectivity index (χ2v) is 6.06. The Bertz CT molecular complexity index is 857. The summed E-state index contributed by atoms with van der Waals surface area (Å²) in [4.78, 5) is 3.47. The highest BCUT2D eigenvalue weighted by Crippen LogP contribution is 2.23. The summed E-state index contributed by atoms with van der Waals surface area (Å²) in [5.41, 5.74) is 4.51. The van der Waals surface area contributed by atoms with Crippen molar-refractivity contribution >= 4 is 10.9 Å². The van der Waals surface area contributed by atoms with Crippen LogP contribution in [-0.2, 0) is 12.8 Å². The van der Waals surface area contributed by atoms with Crippen LogP contribution in [0.5, 0.6) is 5.75 Å². The van der Waals surface area contributed by atoms with Crippen molar-refractivity contribution in [2.45, 2.75) is 32.5 Å². The first-order chi connectivity index (χ1) is 11.9. The highest BCUT2D eigenvalue weighted by atomic mass is 19.4. The van der Waals surface area contributed by atoms with Crippen LogP contribution in [0.2, 0.25) is 0 Å². The van der Waals surface area contributed by atoms with E-state index in [9.17, 15) is 13.2 Å². The van der Waals surface area contributed by atoms with Gasteiger partial charge in [0.15, 0.2) is 5.69 Å². The number of fused-ring (bicyclic) bond motifs is 1. The van der Waals surface area contributed by atoms with Crippen LogP contribution in [0.4, 0.5) is 13.2 Å². The quantitative estimate of drug-likeness (QED) is 0.635. The predicted octanol–water partition coefficient (Wildman–Crippen LogP) is 5.04. The predicted molar refractivity (Wildman–Crippen MR) is 90.4 cm³/mol. The van der Waals surface area contributed by atoms with E-state index in [1.807, 2.05) is 12.1 Å². The maximum absolute atomic E-state index is 12.2. The first-order valence-corrected chi connectivity index (χ1v) is 8.16. The normalized spacial score (nSPS) is 11.7. The number of pyridine rings is 1. The van der Waals surface area contributed by atoms with E-state index in [1.165, 1.54) is 28.8 Å². The Hall–Kier alpha value is -2.56. The van der Waals surface area contributed by atoms with Crippen molar-refractivity contribution in [3.63, 3.8) is 0 Å². The van der Waals surface area contributed by atoms with E-state index < -0.39 is 6.36 Å². The minimum absolute atomic E-state index is 0.185. The van der Waals surface area contributed by atoms with E-state index in [1.54, 1.807) is 12.1 Å². The fourth-order valence-electron chi connectivity index (χ4n) is 2.90. The summed E-state index contributed by atoms with van der Waals surface area (Å²) in [6, 6.07) is 16.4. The fraction of sp³-hybridized carbons (Fsp3) is 0.250. The van der Waals surface area contributed by atoms with Crippen LogP contribution >= 0.6 is 0 Å². The molecular formula is C20H19F3NO+. The van der Waals surface area contributed by atoms with E-state index in [-0.39, 0.29) is 5.75 Å². The van der Waals surface area contributed by atoms with Crippen molar-refractivity contribution in [1.29, 1.82) is 0 Å². The lowest BCUT2D eigenvalue weighted by Gasteiger charge is -2.09. The number of halogens is 3. The van der Waals surface area contributed by atoms with Crippen molar-refractivity contribution in [2.75, 3.05) is 0 Å². The van der Waals surface area contributed by atoms with Gasteiger partial charge in [0.25, 0.3) is 0 Å². The zero-order valence-corrected chi connectivity index (χ0v) is 13.9. The molecule has 5 heteroatoms. The van der Waals surface area contributed by atoms with Crippen LogP contribution in [0, 0.1) is 6.92 Å². The van der Waals surface area contributed by atoms with Gasteiger partial charge >= 0.3 is 6.36 Å². The second-order valence-electron chi connectivity index (χ2n) is 6.06. The molecule has 3 aromatic rings. The Morgan fingerprint density at radius 1 is 0.960 bits per heavy atom. The van der Waals surface area contributed by atoms with Crippen LogP contribution in [0.15, 0.2) is 54.6 Å². The molecule has 0 radical (unpaired) electrons. The average Bonchev–Trinajstić information content (AvgIpc) is 2.55. The van der Waals surface area contributed by atoms with Crippen molar-refractivity contribution < 1.29 is 22.9 Å². The number of ether oxygens (including phenoxy) is 1. The minimum Gasteiger partial charge on any atom is -0.406 e. The summed E-state index contributed by atoms with van der Waals surface area (Å²) in [6.45, 7) is 2.08. The third-order valence-corrected chi connectivity index (χ3v) is 4.14. The number of nitrogens with one attached hydrogen (secondary N) is 1. The molecule has 1 heterocycles. The van der Waals surface area contributed by atoms with Crippen LogP contribution in [-0.4, -0.2) is 6.36 Å². The van der Waals surface area contributed by atoms with Crippen molar-refractivity contribution in [2.24, 2.45) is 0 Å². The Balaban J connectivity index is 1.60. The molecule has 1 aromatic heterocycles. The van der Waals surface area contributed by atoms with E-state index in [2.05, 4.69) is 34.8 Å². The summed E-state index contributed by atoms with van der Waals surface area (Å²) in [7, 11) is 0. The number of benzene rings is 2. The Kier molecular flexibility index (Phi) is 4.93. The molecule has 0 atom stereocenters. The summed E-state index contributed by atoms with van der Waals surface area (Å²) in [6.07, 6.45) is -2.05. The van der Waals surface area contributed by atoms with Gasteiger partial charge in [0, 0.05) is 23.4 Å². The molecule has 2 nitrogen and oxygen atoms in total. The second kappa shape index (κ2) is 7.13. The van der Waals surface area contributed by atoms with E-state index >= 15 is 0 Å². The van der Waals surface area contributed by atoms with Crippen LogP contribution in [0.1, 0.15) is 23.2 Å². The van der Waals surface area contributed by atoms with Crippen molar-refractivity contribution in [3.8, 4) is 5.75 Å². The van der Waals surface area contributed by atoms with Gasteiger partial charge in [-0.05, 0) is 49.6 Å². The summed E-state index contributed by atoms with van der Waals surface area (Å²) < 4.78 is 40.3. The molecule has 0 saturated heterocycles. The number of alkyl halides is 3. The number of aromatic nitrogens is 1. The summed E-state index contributed by atoms with van der Waals surface area (Å²) >= 11 is 0. The first-order valence-electron chi connectivity index (χ1n) is 8.16. The number of para-hydroxylation sites is 1. The molecule has 0 saturated carbocycles. The average molecular weight is 346 g/mol. The monoisotopic (exact) mass is 346 g/mol. The van der Waals surface area contributed by atoms with Gasteiger partial charge in [0.05, 0.1) is 0 Å². The fourth-order valence-corrected chi connectivity index (χ4v) is 2.90. The number of aryl methyl sites for hydroxylation is 3. The first kappa shape index (κ1) is 17.3. The lowest BCUT2D eigenvalue weighted by atomic mass is 10.0. The Morgan fingerprint density at radius 2 is 1.68 bits per heavy atom. The number of H-pyrrole nitrogens is 1. The SMILES string of the molecule is Cc1cc2ccccc2[nH+]c1CCCc1ccc(OC(F)(F)F)cc1. The molecule has 25 heavy (non-hydrogen) atoms. The highest BCUT2D eigenvalue weighted by Gasteiger charge is 2.30. The molecule has 2 aromatic carbocycles. The van der Waals surface area contributed by atoms with E-state index in [0.717, 1.165) is 30.3 Å². The number of aromatic amines is 1. The van der Waals surface area contributed by atoms with Crippen LogP contribution < -0.4 is 9.72 Å². The van der Waals surface area contributed by atoms with Gasteiger partial charge in [0.2, 0.25) is 5.52 Å². The molecule has 130 valence electrons. The Morgan fingerprint density at radius 3 is 2.40 bits per heavy atom. The molecule has 0 aliphatic heterocycles. The summed E-state index contributed by atoms with van der Waals surface area (Å²) in [5, 5.41) is 1.18. The molecule has 3 rings (SSSR count). The third-order valence-electron chi connectivity index (χ3n) is 4.14. The lowest BCUT2D eigenvalue weighted by Crippen LogP contribution is -2.17. The molecule has 0 aliphatic rings. The zero-order valence-electron chi connectivity index (χ0n) is 13.9. The topological polar surface area (TPSA) is 23.4 Å². The molecule has 0 fully saturated rings. The van der Waals surface area contributed by atoms with Crippen molar-refractivity contribution in [3.05, 3.63) is 71.4 Å². The smallest absolute Gasteiger partial charge is 0.406 e. The van der Waals surface area contributed by atoms with Crippen molar-refractivity contribution in [1.82, 2.24) is 0 Å². The van der Waals surface area contributed by atoms with Crippen LogP contribution in [0.25, 0.3) is 10.9 Å². The number of rotatable bonds is 5. The van der Waals surface area contributed by atoms with E-state index in [4.69, 9.17) is 0 Å². The lowest BCUT2D eigenvalue weighted by molar-refractivity contribution is -0.358. The van der Waals surface area contributed by atoms with Gasteiger partial charge < -0.3 is 4.74 Å². The van der Waals surface area contributed by atoms with Gasteiger partial charge in [-0.1, -0.05) is 24.3 Å². The van der Waals surface area contributed by atoms with Gasteiger partial charge in [-0.2, -0.15) is 0 Å². The zero-order chi connectivity index (χ0) is 17.9. The molecule has 0 aliphatic carbocycles. The molecular weight excluding hydrogens is 327 g/mol. The maximum Gasteiger partial charge on any atom is 0.573 e. The van der Waals surface area contributed by atoms with Gasteiger partial charge in [-0.15, -0.1) is 13.2 Å². The third kappa shape index (κ3) is 4.72. The standard InChI is InChI=1S/C20H18F3NO/c1-14-13-16-6-2-3-7-19(16)24-18(14)8-4-5-15-9-11-17(12-10-15)25-20(21,22)23/h2-3,6-7,9-13H,4-5,8H2,1H3/p+1. The molecule has 1 N–H and O–H groups in total. The molecule has 0 bridgehead atoms. The summed E-state index contributed by atoms with van der Waals surface area (Å²) in [5.74, 6) is -0.185. The van der Waals surface area contributed by atoms with Gasteiger partial charge in [-0.3, -0.25) is 0 Å². The highest BCUT2D eigenvalue weighted by molar-refractivity contribution is 5.75. The molecule has 0 amide bonds. The minimum atomic E-state index is -4.65. The van der Waals surface area contributed by atoms with Crippen LogP contribution in [0.3, 0.4) is 0 Å². The maximum atomic E-state index is 12.2. The largest absolute Gasteiger partial charge is 0.573 e. The molecule has 0 spiro atoms. The number of hydrogen-bond donors (Lipinski definition) is 0. The van der Waals surface area contributed by atoms with Gasteiger partial charge in [-0.25, -0.2) is 4.98 Å². The molecule has 0 unspecified atom stereocenters.